The summed E-state index contributed by atoms with van der Waals surface area (Å²) in [6.07, 6.45) is 0. The van der Waals surface area contributed by atoms with Gasteiger partial charge in [-0.3, -0.25) is 4.79 Å². The van der Waals surface area contributed by atoms with E-state index < -0.39 is 0 Å². The number of nitrogens with one attached hydrogen (secondary N) is 1. The summed E-state index contributed by atoms with van der Waals surface area (Å²) >= 11 is 1.50. The third-order valence-electron chi connectivity index (χ3n) is 2.94. The van der Waals surface area contributed by atoms with Gasteiger partial charge in [0, 0.05) is 11.4 Å². The fraction of sp³-hybridized carbons (Fsp3) is 0.235. The molecule has 0 aliphatic heterocycles. The van der Waals surface area contributed by atoms with Crippen LogP contribution >= 0.6 is 11.8 Å². The van der Waals surface area contributed by atoms with Gasteiger partial charge in [0.05, 0.1) is 19.5 Å². The number of thioether (sulfide) groups is 1. The Hall–Kier alpha value is -2.34. The number of aromatic hydroxyl groups is 1. The molecule has 2 aromatic rings. The molecule has 0 fully saturated rings. The van der Waals surface area contributed by atoms with Gasteiger partial charge in [-0.05, 0) is 48.5 Å². The van der Waals surface area contributed by atoms with Crippen LogP contribution in [0.1, 0.15) is 0 Å². The van der Waals surface area contributed by atoms with Gasteiger partial charge in [-0.25, -0.2) is 0 Å². The monoisotopic (exact) mass is 333 g/mol. The average Bonchev–Trinajstić information content (AvgIpc) is 2.57. The van der Waals surface area contributed by atoms with Gasteiger partial charge in [0.25, 0.3) is 0 Å². The van der Waals surface area contributed by atoms with E-state index in [0.717, 1.165) is 17.3 Å². The second kappa shape index (κ2) is 8.95. The lowest BCUT2D eigenvalue weighted by Gasteiger charge is -2.07. The molecule has 23 heavy (non-hydrogen) atoms. The molecule has 0 saturated carbocycles. The van der Waals surface area contributed by atoms with E-state index >= 15 is 0 Å². The van der Waals surface area contributed by atoms with Crippen LogP contribution in [-0.4, -0.2) is 36.2 Å². The molecule has 0 unspecified atom stereocenters. The molecular weight excluding hydrogens is 314 g/mol. The first-order valence-corrected chi connectivity index (χ1v) is 8.26. The maximum atomic E-state index is 11.8. The van der Waals surface area contributed by atoms with Crippen LogP contribution in [0.15, 0.2) is 48.5 Å². The fourth-order valence-electron chi connectivity index (χ4n) is 1.80. The van der Waals surface area contributed by atoms with Gasteiger partial charge in [0.2, 0.25) is 5.91 Å². The van der Waals surface area contributed by atoms with E-state index in [-0.39, 0.29) is 11.7 Å². The standard InChI is InChI=1S/C17H19NO4S/c1-21-15-6-8-16(9-7-15)22-10-11-23-12-17(20)18-13-2-4-14(19)5-3-13/h2-9,19H,10-12H2,1H3,(H,18,20). The van der Waals surface area contributed by atoms with Crippen LogP contribution in [0.5, 0.6) is 17.2 Å². The Balaban J connectivity index is 1.61. The molecule has 0 aromatic heterocycles. The van der Waals surface area contributed by atoms with Crippen molar-refractivity contribution >= 4 is 23.4 Å². The minimum Gasteiger partial charge on any atom is -0.508 e. The van der Waals surface area contributed by atoms with Crippen LogP contribution in [-0.2, 0) is 4.79 Å². The first-order chi connectivity index (χ1) is 11.2. The van der Waals surface area contributed by atoms with E-state index in [4.69, 9.17) is 9.47 Å². The lowest BCUT2D eigenvalue weighted by atomic mass is 10.3. The molecule has 122 valence electrons. The predicted octanol–water partition coefficient (Wildman–Crippen LogP) is 3.15. The Bertz CT molecular complexity index is 613. The smallest absolute Gasteiger partial charge is 0.234 e. The lowest BCUT2D eigenvalue weighted by molar-refractivity contribution is -0.113. The number of anilines is 1. The van der Waals surface area contributed by atoms with Gasteiger partial charge in [-0.1, -0.05) is 0 Å². The number of amides is 1. The highest BCUT2D eigenvalue weighted by Gasteiger charge is 2.03. The number of hydrogen-bond acceptors (Lipinski definition) is 5. The van der Waals surface area contributed by atoms with Crippen molar-refractivity contribution in [3.05, 3.63) is 48.5 Å². The van der Waals surface area contributed by atoms with E-state index in [1.165, 1.54) is 23.9 Å². The number of benzene rings is 2. The number of carbonyl (C=O) groups excluding carboxylic acids is 1. The Morgan fingerprint density at radius 2 is 1.74 bits per heavy atom. The van der Waals surface area contributed by atoms with Gasteiger partial charge in [-0.15, -0.1) is 11.8 Å². The van der Waals surface area contributed by atoms with E-state index in [9.17, 15) is 9.90 Å². The summed E-state index contributed by atoms with van der Waals surface area (Å²) in [6.45, 7) is 0.531. The summed E-state index contributed by atoms with van der Waals surface area (Å²) in [7, 11) is 1.62. The Morgan fingerprint density at radius 3 is 2.39 bits per heavy atom. The summed E-state index contributed by atoms with van der Waals surface area (Å²) in [5.74, 6) is 2.73. The van der Waals surface area contributed by atoms with Crippen LogP contribution in [0.3, 0.4) is 0 Å². The van der Waals surface area contributed by atoms with Crippen LogP contribution in [0.2, 0.25) is 0 Å². The molecule has 0 aliphatic carbocycles. The highest BCUT2D eigenvalue weighted by Crippen LogP contribution is 2.17. The SMILES string of the molecule is COc1ccc(OCCSCC(=O)Nc2ccc(O)cc2)cc1. The number of methoxy groups -OCH3 is 1. The minimum atomic E-state index is -0.0786. The molecule has 1 amide bonds. The van der Waals surface area contributed by atoms with Crippen molar-refractivity contribution in [2.24, 2.45) is 0 Å². The topological polar surface area (TPSA) is 67.8 Å². The van der Waals surface area contributed by atoms with E-state index in [1.54, 1.807) is 19.2 Å². The maximum absolute atomic E-state index is 11.8. The lowest BCUT2D eigenvalue weighted by Crippen LogP contribution is -2.15. The van der Waals surface area contributed by atoms with Crippen molar-refractivity contribution in [2.45, 2.75) is 0 Å². The van der Waals surface area contributed by atoms with Crippen LogP contribution in [0, 0.1) is 0 Å². The first kappa shape index (κ1) is 17.0. The third-order valence-corrected chi connectivity index (χ3v) is 3.86. The molecule has 2 rings (SSSR count). The van der Waals surface area contributed by atoms with Crippen molar-refractivity contribution in [3.63, 3.8) is 0 Å². The number of ether oxygens (including phenoxy) is 2. The molecule has 0 heterocycles. The quantitative estimate of drug-likeness (QED) is 0.574. The Labute approximate surface area is 139 Å². The van der Waals surface area contributed by atoms with Crippen LogP contribution in [0.4, 0.5) is 5.69 Å². The van der Waals surface area contributed by atoms with Gasteiger partial charge in [0.15, 0.2) is 0 Å². The molecule has 2 N–H and O–H groups in total. The molecule has 0 aliphatic rings. The molecule has 0 radical (unpaired) electrons. The second-order valence-electron chi connectivity index (χ2n) is 4.67. The molecule has 2 aromatic carbocycles. The average molecular weight is 333 g/mol. The molecule has 0 bridgehead atoms. The highest BCUT2D eigenvalue weighted by molar-refractivity contribution is 7.99. The normalized spacial score (nSPS) is 10.1. The molecule has 6 heteroatoms. The molecule has 0 spiro atoms. The maximum Gasteiger partial charge on any atom is 0.234 e. The molecule has 0 atom stereocenters. The zero-order valence-electron chi connectivity index (χ0n) is 12.8. The molecule has 0 saturated heterocycles. The summed E-state index contributed by atoms with van der Waals surface area (Å²) < 4.78 is 10.7. The summed E-state index contributed by atoms with van der Waals surface area (Å²) in [5.41, 5.74) is 0.669. The number of phenolic OH excluding ortho intramolecular Hbond substituents is 1. The van der Waals surface area contributed by atoms with E-state index in [0.29, 0.717) is 18.0 Å². The Kier molecular flexibility index (Phi) is 6.62. The predicted molar refractivity (Wildman–Crippen MR) is 92.6 cm³/mol. The van der Waals surface area contributed by atoms with Gasteiger partial charge < -0.3 is 19.9 Å². The van der Waals surface area contributed by atoms with E-state index in [1.807, 2.05) is 24.3 Å². The summed E-state index contributed by atoms with van der Waals surface area (Å²) in [5, 5.41) is 11.9. The van der Waals surface area contributed by atoms with Crippen molar-refractivity contribution in [1.82, 2.24) is 0 Å². The number of carbonyl (C=O) groups is 1. The highest BCUT2D eigenvalue weighted by atomic mass is 32.2. The summed E-state index contributed by atoms with van der Waals surface area (Å²) in [4.78, 5) is 11.8. The van der Waals surface area contributed by atoms with E-state index in [2.05, 4.69) is 5.32 Å². The van der Waals surface area contributed by atoms with Crippen molar-refractivity contribution in [2.75, 3.05) is 30.5 Å². The number of phenols is 1. The van der Waals surface area contributed by atoms with Crippen molar-refractivity contribution in [1.29, 1.82) is 0 Å². The molecule has 5 nitrogen and oxygen atoms in total. The van der Waals surface area contributed by atoms with Crippen molar-refractivity contribution in [3.8, 4) is 17.2 Å². The first-order valence-electron chi connectivity index (χ1n) is 7.11. The zero-order valence-corrected chi connectivity index (χ0v) is 13.6. The summed E-state index contributed by atoms with van der Waals surface area (Å²) in [6, 6.07) is 13.8. The van der Waals surface area contributed by atoms with Gasteiger partial charge in [0.1, 0.15) is 17.2 Å². The van der Waals surface area contributed by atoms with Crippen LogP contribution in [0.25, 0.3) is 0 Å². The minimum absolute atomic E-state index is 0.0786. The second-order valence-corrected chi connectivity index (χ2v) is 5.78. The zero-order chi connectivity index (χ0) is 16.5. The molecular formula is C17H19NO4S. The van der Waals surface area contributed by atoms with Gasteiger partial charge in [-0.2, -0.15) is 0 Å². The number of rotatable bonds is 8. The fourth-order valence-corrected chi connectivity index (χ4v) is 2.40. The number of hydrogen-bond donors (Lipinski definition) is 2. The third kappa shape index (κ3) is 6.12. The Morgan fingerprint density at radius 1 is 1.09 bits per heavy atom. The van der Waals surface area contributed by atoms with Crippen LogP contribution < -0.4 is 14.8 Å². The van der Waals surface area contributed by atoms with Gasteiger partial charge >= 0.3 is 0 Å². The van der Waals surface area contributed by atoms with Crippen molar-refractivity contribution < 1.29 is 19.4 Å². The largest absolute Gasteiger partial charge is 0.508 e.